The number of rotatable bonds is 11. The van der Waals surface area contributed by atoms with Crippen LogP contribution in [0.1, 0.15) is 48.3 Å². The summed E-state index contributed by atoms with van der Waals surface area (Å²) in [4.78, 5) is 9.97. The lowest BCUT2D eigenvalue weighted by atomic mass is 9.92. The average molecular weight is 527 g/mol. The van der Waals surface area contributed by atoms with Crippen molar-refractivity contribution in [3.8, 4) is 0 Å². The van der Waals surface area contributed by atoms with Crippen LogP contribution >= 0.6 is 11.6 Å². The number of aryl methyl sites for hydroxylation is 1. The molecule has 38 heavy (non-hydrogen) atoms. The summed E-state index contributed by atoms with van der Waals surface area (Å²) in [6.45, 7) is 5.22. The third kappa shape index (κ3) is 5.54. The summed E-state index contributed by atoms with van der Waals surface area (Å²) in [5.41, 5.74) is 14.3. The summed E-state index contributed by atoms with van der Waals surface area (Å²) in [5.74, 6) is 2.46. The molecule has 1 unspecified atom stereocenters. The zero-order valence-electron chi connectivity index (χ0n) is 22.2. The molecule has 0 spiro atoms. The molecule has 1 atom stereocenters. The van der Waals surface area contributed by atoms with Crippen LogP contribution in [-0.2, 0) is 30.7 Å². The number of nitrogens with two attached hydrogens (primary N) is 1. The Morgan fingerprint density at radius 2 is 1.58 bits per heavy atom. The molecule has 0 aliphatic heterocycles. The minimum atomic E-state index is 0.405. The van der Waals surface area contributed by atoms with Crippen molar-refractivity contribution >= 4 is 39.4 Å². The number of pyridine rings is 1. The Balaban J connectivity index is 1.71. The van der Waals surface area contributed by atoms with Gasteiger partial charge in [-0.25, -0.2) is 9.97 Å². The Kier molecular flexibility index (Phi) is 8.26. The van der Waals surface area contributed by atoms with Crippen LogP contribution < -0.4 is 5.73 Å². The zero-order valence-corrected chi connectivity index (χ0v) is 22.9. The number of aromatic nitrogens is 3. The summed E-state index contributed by atoms with van der Waals surface area (Å²) in [6.07, 6.45) is 3.36. The third-order valence-electron chi connectivity index (χ3n) is 7.17. The molecule has 5 aromatic rings. The Hall–Kier alpha value is -3.41. The van der Waals surface area contributed by atoms with Gasteiger partial charge in [0.05, 0.1) is 11.0 Å². The number of benzene rings is 3. The molecule has 2 N–H and O–H groups in total. The molecule has 2 aromatic heterocycles. The molecule has 0 aliphatic carbocycles. The number of nitrogen functional groups attached to an aromatic ring is 1. The van der Waals surface area contributed by atoms with Crippen molar-refractivity contribution in [1.82, 2.24) is 14.5 Å². The zero-order chi connectivity index (χ0) is 26.5. The number of alkyl halides is 1. The van der Waals surface area contributed by atoms with Gasteiger partial charge in [-0.15, -0.1) is 11.6 Å². The van der Waals surface area contributed by atoms with E-state index in [9.17, 15) is 0 Å². The Morgan fingerprint density at radius 1 is 0.895 bits per heavy atom. The van der Waals surface area contributed by atoms with Gasteiger partial charge in [-0.1, -0.05) is 79.7 Å². The van der Waals surface area contributed by atoms with E-state index in [1.807, 2.05) is 6.92 Å². The maximum absolute atomic E-state index is 6.63. The number of hydrogen-bond donors (Lipinski definition) is 1. The molecule has 0 radical (unpaired) electrons. The second-order valence-electron chi connectivity index (χ2n) is 9.99. The molecule has 0 amide bonds. The van der Waals surface area contributed by atoms with Gasteiger partial charge in [-0.3, -0.25) is 0 Å². The number of ether oxygens (including phenoxy) is 1. The quantitative estimate of drug-likeness (QED) is 0.186. The number of anilines is 1. The fraction of sp³-hybridized carbons (Fsp3) is 0.312. The molecule has 0 aliphatic rings. The van der Waals surface area contributed by atoms with Crippen LogP contribution in [0, 0.1) is 5.92 Å². The molecular formula is C32H35ClN4O. The van der Waals surface area contributed by atoms with Gasteiger partial charge in [0.1, 0.15) is 18.1 Å². The highest BCUT2D eigenvalue weighted by molar-refractivity contribution is 6.18. The highest BCUT2D eigenvalue weighted by Crippen LogP contribution is 2.34. The molecular weight excluding hydrogens is 492 g/mol. The number of fused-ring (bicyclic) bond motifs is 3. The first-order chi connectivity index (χ1) is 18.6. The van der Waals surface area contributed by atoms with Crippen LogP contribution in [0.5, 0.6) is 0 Å². The molecule has 3 aromatic carbocycles. The van der Waals surface area contributed by atoms with E-state index in [0.717, 1.165) is 53.4 Å². The van der Waals surface area contributed by atoms with E-state index in [-0.39, 0.29) is 0 Å². The van der Waals surface area contributed by atoms with E-state index in [4.69, 9.17) is 32.0 Å². The second kappa shape index (κ2) is 12.0. The minimum Gasteiger partial charge on any atom is -0.382 e. The van der Waals surface area contributed by atoms with Crippen molar-refractivity contribution in [2.75, 3.05) is 18.2 Å². The number of halogens is 1. The average Bonchev–Trinajstić information content (AvgIpc) is 3.32. The van der Waals surface area contributed by atoms with Crippen LogP contribution in [0.2, 0.25) is 0 Å². The highest BCUT2D eigenvalue weighted by atomic mass is 35.5. The standard InChI is InChI=1S/C32H35ClN4O/c1-3-38-21-37-28(17-14-22(2)20-33)35-30-31(37)26-16-15-25(18-23-10-6-4-7-11-23)27(29(26)36-32(30)34)19-24-12-8-5-9-13-24/h4-13,15-16,22H,3,14,17-21H2,1-2H3,(H2,34,36). The number of hydrogen-bond acceptors (Lipinski definition) is 4. The summed E-state index contributed by atoms with van der Waals surface area (Å²) in [6, 6.07) is 25.6. The topological polar surface area (TPSA) is 66.0 Å². The number of nitrogens with zero attached hydrogens (tertiary/aromatic N) is 3. The van der Waals surface area contributed by atoms with Crippen molar-refractivity contribution in [1.29, 1.82) is 0 Å². The first-order valence-corrected chi connectivity index (χ1v) is 13.9. The normalized spacial score (nSPS) is 12.4. The van der Waals surface area contributed by atoms with Crippen LogP contribution in [0.3, 0.4) is 0 Å². The predicted octanol–water partition coefficient (Wildman–Crippen LogP) is 7.15. The molecule has 196 valence electrons. The van der Waals surface area contributed by atoms with E-state index < -0.39 is 0 Å². The van der Waals surface area contributed by atoms with Crippen molar-refractivity contribution in [3.05, 3.63) is 101 Å². The van der Waals surface area contributed by atoms with Crippen molar-refractivity contribution in [2.24, 2.45) is 5.92 Å². The maximum Gasteiger partial charge on any atom is 0.152 e. The van der Waals surface area contributed by atoms with Crippen LogP contribution in [0.4, 0.5) is 5.82 Å². The fourth-order valence-electron chi connectivity index (χ4n) is 5.06. The van der Waals surface area contributed by atoms with Crippen LogP contribution in [0.25, 0.3) is 21.9 Å². The number of imidazole rings is 1. The van der Waals surface area contributed by atoms with Crippen molar-refractivity contribution < 1.29 is 4.74 Å². The van der Waals surface area contributed by atoms with Crippen molar-refractivity contribution in [2.45, 2.75) is 46.3 Å². The molecule has 0 fully saturated rings. The van der Waals surface area contributed by atoms with Crippen molar-refractivity contribution in [3.63, 3.8) is 0 Å². The largest absolute Gasteiger partial charge is 0.382 e. The molecule has 0 saturated carbocycles. The van der Waals surface area contributed by atoms with Crippen LogP contribution in [-0.4, -0.2) is 27.0 Å². The summed E-state index contributed by atoms with van der Waals surface area (Å²) in [7, 11) is 0. The van der Waals surface area contributed by atoms with Gasteiger partial charge < -0.3 is 15.0 Å². The Labute approximate surface area is 229 Å². The van der Waals surface area contributed by atoms with Gasteiger partial charge in [0.25, 0.3) is 0 Å². The van der Waals surface area contributed by atoms with E-state index in [1.54, 1.807) is 0 Å². The summed E-state index contributed by atoms with van der Waals surface area (Å²) < 4.78 is 8.10. The molecule has 0 bridgehead atoms. The first kappa shape index (κ1) is 26.2. The SMILES string of the molecule is CCOCn1c(CCC(C)CCl)nc2c(N)nc3c(Cc4ccccc4)c(Cc4ccccc4)ccc3c21. The van der Waals surface area contributed by atoms with Gasteiger partial charge in [-0.05, 0) is 54.4 Å². The highest BCUT2D eigenvalue weighted by Gasteiger charge is 2.21. The predicted molar refractivity (Wildman–Crippen MR) is 158 cm³/mol. The lowest BCUT2D eigenvalue weighted by Crippen LogP contribution is -2.09. The third-order valence-corrected chi connectivity index (χ3v) is 7.69. The first-order valence-electron chi connectivity index (χ1n) is 13.4. The second-order valence-corrected chi connectivity index (χ2v) is 10.3. The molecule has 0 saturated heterocycles. The van der Waals surface area contributed by atoms with Crippen LogP contribution in [0.15, 0.2) is 72.8 Å². The monoisotopic (exact) mass is 526 g/mol. The van der Waals surface area contributed by atoms with Gasteiger partial charge in [0.15, 0.2) is 5.82 Å². The Morgan fingerprint density at radius 3 is 2.24 bits per heavy atom. The maximum atomic E-state index is 6.63. The molecule has 2 heterocycles. The van der Waals surface area contributed by atoms with Gasteiger partial charge in [0.2, 0.25) is 0 Å². The Bertz CT molecular complexity index is 1520. The van der Waals surface area contributed by atoms with E-state index in [0.29, 0.717) is 31.0 Å². The summed E-state index contributed by atoms with van der Waals surface area (Å²) >= 11 is 6.10. The lowest BCUT2D eigenvalue weighted by Gasteiger charge is -2.16. The van der Waals surface area contributed by atoms with Gasteiger partial charge >= 0.3 is 0 Å². The lowest BCUT2D eigenvalue weighted by molar-refractivity contribution is 0.0885. The summed E-state index contributed by atoms with van der Waals surface area (Å²) in [5, 5.41) is 1.06. The van der Waals surface area contributed by atoms with E-state index >= 15 is 0 Å². The molecule has 5 nitrogen and oxygen atoms in total. The fourth-order valence-corrected chi connectivity index (χ4v) is 5.22. The molecule has 5 rings (SSSR count). The minimum absolute atomic E-state index is 0.405. The molecule has 6 heteroatoms. The smallest absolute Gasteiger partial charge is 0.152 e. The van der Waals surface area contributed by atoms with E-state index in [2.05, 4.69) is 84.3 Å². The van der Waals surface area contributed by atoms with E-state index in [1.165, 1.54) is 22.3 Å². The van der Waals surface area contributed by atoms with Gasteiger partial charge in [-0.2, -0.15) is 0 Å². The van der Waals surface area contributed by atoms with Gasteiger partial charge in [0, 0.05) is 24.3 Å².